The van der Waals surface area contributed by atoms with E-state index in [4.69, 9.17) is 5.11 Å². The highest BCUT2D eigenvalue weighted by Crippen LogP contribution is 2.20. The molecule has 1 aromatic carbocycles. The van der Waals surface area contributed by atoms with E-state index in [2.05, 4.69) is 42.4 Å². The van der Waals surface area contributed by atoms with Crippen molar-refractivity contribution in [3.63, 3.8) is 0 Å². The minimum Gasteiger partial charge on any atom is -0.394 e. The molecule has 16 heavy (non-hydrogen) atoms. The van der Waals surface area contributed by atoms with Gasteiger partial charge in [-0.15, -0.1) is 5.10 Å². The van der Waals surface area contributed by atoms with E-state index in [1.54, 1.807) is 10.9 Å². The highest BCUT2D eigenvalue weighted by Gasteiger charge is 2.06. The lowest BCUT2D eigenvalue weighted by Crippen LogP contribution is -2.05. The van der Waals surface area contributed by atoms with E-state index in [0.29, 0.717) is 6.54 Å². The summed E-state index contributed by atoms with van der Waals surface area (Å²) >= 11 is 0. The topological polar surface area (TPSA) is 50.9 Å². The van der Waals surface area contributed by atoms with Gasteiger partial charge in [-0.2, -0.15) is 0 Å². The van der Waals surface area contributed by atoms with Gasteiger partial charge >= 0.3 is 0 Å². The van der Waals surface area contributed by atoms with Gasteiger partial charge in [-0.3, -0.25) is 0 Å². The second-order valence-electron chi connectivity index (χ2n) is 3.87. The molecule has 2 aromatic rings. The Balaban J connectivity index is 2.42. The van der Waals surface area contributed by atoms with E-state index in [1.807, 2.05) is 0 Å². The molecule has 0 saturated carbocycles. The number of nitrogens with zero attached hydrogens (tertiary/aromatic N) is 3. The van der Waals surface area contributed by atoms with Gasteiger partial charge in [0, 0.05) is 5.56 Å². The molecule has 0 unspecified atom stereocenters. The summed E-state index contributed by atoms with van der Waals surface area (Å²) in [4.78, 5) is 0. The van der Waals surface area contributed by atoms with Crippen LogP contribution in [-0.2, 0) is 6.54 Å². The fraction of sp³-hybridized carbons (Fsp3) is 0.333. The van der Waals surface area contributed by atoms with Crippen LogP contribution in [0.2, 0.25) is 0 Å². The Kier molecular flexibility index (Phi) is 3.01. The average molecular weight is 217 g/mol. The molecule has 1 N–H and O–H groups in total. The van der Waals surface area contributed by atoms with Gasteiger partial charge in [-0.1, -0.05) is 17.3 Å². The first-order valence-electron chi connectivity index (χ1n) is 5.29. The van der Waals surface area contributed by atoms with Gasteiger partial charge in [0.15, 0.2) is 0 Å². The summed E-state index contributed by atoms with van der Waals surface area (Å²) in [5, 5.41) is 16.7. The minimum absolute atomic E-state index is 0.0706. The maximum atomic E-state index is 8.92. The second kappa shape index (κ2) is 4.45. The van der Waals surface area contributed by atoms with Crippen molar-refractivity contribution >= 4 is 0 Å². The van der Waals surface area contributed by atoms with Gasteiger partial charge in [0.25, 0.3) is 0 Å². The van der Waals surface area contributed by atoms with Crippen molar-refractivity contribution in [1.29, 1.82) is 0 Å². The first-order valence-corrected chi connectivity index (χ1v) is 5.29. The molecule has 0 aliphatic rings. The highest BCUT2D eigenvalue weighted by atomic mass is 16.3. The molecule has 0 bridgehead atoms. The van der Waals surface area contributed by atoms with Gasteiger partial charge in [0.2, 0.25) is 0 Å². The van der Waals surface area contributed by atoms with Crippen LogP contribution in [0.5, 0.6) is 0 Å². The summed E-state index contributed by atoms with van der Waals surface area (Å²) in [7, 11) is 0. The fourth-order valence-corrected chi connectivity index (χ4v) is 1.64. The number of aliphatic hydroxyl groups is 1. The van der Waals surface area contributed by atoms with Gasteiger partial charge in [-0.25, -0.2) is 4.68 Å². The summed E-state index contributed by atoms with van der Waals surface area (Å²) in [5.74, 6) is 0. The van der Waals surface area contributed by atoms with E-state index in [-0.39, 0.29) is 6.61 Å². The summed E-state index contributed by atoms with van der Waals surface area (Å²) in [6, 6.07) is 6.25. The Bertz CT molecular complexity index is 491. The molecule has 0 spiro atoms. The predicted molar refractivity (Wildman–Crippen MR) is 62.0 cm³/mol. The molecular formula is C12H15N3O. The molecule has 4 nitrogen and oxygen atoms in total. The molecule has 2 rings (SSSR count). The fourth-order valence-electron chi connectivity index (χ4n) is 1.64. The molecule has 0 fully saturated rings. The van der Waals surface area contributed by atoms with Crippen LogP contribution in [0.1, 0.15) is 11.1 Å². The van der Waals surface area contributed by atoms with Crippen LogP contribution in [0.15, 0.2) is 24.4 Å². The summed E-state index contributed by atoms with van der Waals surface area (Å²) < 4.78 is 1.71. The lowest BCUT2D eigenvalue weighted by atomic mass is 10.0. The number of hydrogen-bond donors (Lipinski definition) is 1. The Hall–Kier alpha value is -1.68. The minimum atomic E-state index is 0.0706. The van der Waals surface area contributed by atoms with Gasteiger partial charge in [0.1, 0.15) is 0 Å². The molecular weight excluding hydrogens is 202 g/mol. The van der Waals surface area contributed by atoms with E-state index in [1.165, 1.54) is 11.1 Å². The van der Waals surface area contributed by atoms with Gasteiger partial charge in [-0.05, 0) is 31.0 Å². The van der Waals surface area contributed by atoms with Crippen LogP contribution in [0, 0.1) is 13.8 Å². The van der Waals surface area contributed by atoms with Crippen molar-refractivity contribution in [3.05, 3.63) is 35.5 Å². The largest absolute Gasteiger partial charge is 0.394 e. The van der Waals surface area contributed by atoms with Crippen LogP contribution < -0.4 is 0 Å². The number of benzene rings is 1. The molecule has 0 atom stereocenters. The molecule has 84 valence electrons. The third-order valence-electron chi connectivity index (χ3n) is 2.73. The van der Waals surface area contributed by atoms with Crippen LogP contribution in [0.25, 0.3) is 11.3 Å². The number of aryl methyl sites for hydroxylation is 2. The van der Waals surface area contributed by atoms with E-state index >= 15 is 0 Å². The average Bonchev–Trinajstić information content (AvgIpc) is 2.71. The number of aliphatic hydroxyl groups excluding tert-OH is 1. The third-order valence-corrected chi connectivity index (χ3v) is 2.73. The van der Waals surface area contributed by atoms with E-state index < -0.39 is 0 Å². The van der Waals surface area contributed by atoms with Crippen LogP contribution in [0.3, 0.4) is 0 Å². The molecule has 1 aromatic heterocycles. The zero-order chi connectivity index (χ0) is 11.5. The molecule has 0 saturated heterocycles. The number of rotatable bonds is 3. The standard InChI is InChI=1S/C12H15N3O/c1-9-3-4-11(7-10(9)2)12-8-13-14-15(12)5-6-16/h3-4,7-8,16H,5-6H2,1-2H3. The Morgan fingerprint density at radius 3 is 2.75 bits per heavy atom. The van der Waals surface area contributed by atoms with Crippen LogP contribution in [-0.4, -0.2) is 26.7 Å². The SMILES string of the molecule is Cc1ccc(-c2cnnn2CCO)cc1C. The van der Waals surface area contributed by atoms with Crippen molar-refractivity contribution < 1.29 is 5.11 Å². The maximum absolute atomic E-state index is 8.92. The summed E-state index contributed by atoms with van der Waals surface area (Å²) in [6.07, 6.45) is 1.72. The summed E-state index contributed by atoms with van der Waals surface area (Å²) in [6.45, 7) is 4.71. The molecule has 1 heterocycles. The molecule has 0 aliphatic heterocycles. The molecule has 0 radical (unpaired) electrons. The summed E-state index contributed by atoms with van der Waals surface area (Å²) in [5.41, 5.74) is 4.54. The van der Waals surface area contributed by atoms with Crippen LogP contribution >= 0.6 is 0 Å². The lowest BCUT2D eigenvalue weighted by molar-refractivity contribution is 0.269. The normalized spacial score (nSPS) is 10.7. The predicted octanol–water partition coefficient (Wildman–Crippen LogP) is 1.55. The third kappa shape index (κ3) is 1.97. The monoisotopic (exact) mass is 217 g/mol. The van der Waals surface area contributed by atoms with Crippen molar-refractivity contribution in [2.24, 2.45) is 0 Å². The Labute approximate surface area is 94.5 Å². The van der Waals surface area contributed by atoms with Crippen molar-refractivity contribution in [3.8, 4) is 11.3 Å². The van der Waals surface area contributed by atoms with E-state index in [0.717, 1.165) is 11.3 Å². The van der Waals surface area contributed by atoms with Crippen LogP contribution in [0.4, 0.5) is 0 Å². The molecule has 0 amide bonds. The Morgan fingerprint density at radius 1 is 1.25 bits per heavy atom. The highest BCUT2D eigenvalue weighted by molar-refractivity contribution is 5.60. The zero-order valence-corrected chi connectivity index (χ0v) is 9.51. The maximum Gasteiger partial charge on any atom is 0.0886 e. The second-order valence-corrected chi connectivity index (χ2v) is 3.87. The Morgan fingerprint density at radius 2 is 2.06 bits per heavy atom. The molecule has 4 heteroatoms. The first kappa shape index (κ1) is 10.8. The quantitative estimate of drug-likeness (QED) is 0.848. The van der Waals surface area contributed by atoms with Gasteiger partial charge < -0.3 is 5.11 Å². The first-order chi connectivity index (χ1) is 7.72. The number of hydrogen-bond acceptors (Lipinski definition) is 3. The van der Waals surface area contributed by atoms with Crippen molar-refractivity contribution in [2.75, 3.05) is 6.61 Å². The smallest absolute Gasteiger partial charge is 0.0886 e. The van der Waals surface area contributed by atoms with E-state index in [9.17, 15) is 0 Å². The van der Waals surface area contributed by atoms with Gasteiger partial charge in [0.05, 0.1) is 25.0 Å². The van der Waals surface area contributed by atoms with Crippen molar-refractivity contribution in [2.45, 2.75) is 20.4 Å². The number of aromatic nitrogens is 3. The zero-order valence-electron chi connectivity index (χ0n) is 9.51. The lowest BCUT2D eigenvalue weighted by Gasteiger charge is -2.06. The van der Waals surface area contributed by atoms with Crippen molar-refractivity contribution in [1.82, 2.24) is 15.0 Å². The molecule has 0 aliphatic carbocycles.